The molecule has 3 aliphatic rings. The molecular weight excluding hydrogens is 484 g/mol. The van der Waals surface area contributed by atoms with E-state index >= 15 is 0 Å². The number of phenols is 1. The van der Waals surface area contributed by atoms with E-state index in [0.717, 1.165) is 0 Å². The van der Waals surface area contributed by atoms with Gasteiger partial charge in [-0.15, -0.1) is 0 Å². The number of aromatic hydroxyl groups is 1. The number of Topliss-reactive ketones (excluding diaryl/α,β-unsaturated/α-hetero) is 2. The topological polar surface area (TPSA) is 194 Å². The lowest BCUT2D eigenvalue weighted by molar-refractivity contribution is -0.153. The Morgan fingerprint density at radius 1 is 1.14 bits per heavy atom. The van der Waals surface area contributed by atoms with Crippen LogP contribution in [0.4, 0.5) is 11.4 Å². The first-order valence-electron chi connectivity index (χ1n) is 11.6. The standard InChI is InChI=1S/C25H30N4O8/c1-9(30)27-13-8-14(28(2)3)11-6-10-7-12-18(29(4)5)21(33)17(24(26)36)23(35)25(12,37)22(34)15(10)20(32)16(11)19(13)31/h8,10,12,18,31-32,35,37H,6-7H2,1-5H3,(H2,26,36)(H,27,30)/t10-,12?,18?,25?/m0/s1. The number of amides is 2. The number of hydrogen-bond donors (Lipinski definition) is 6. The van der Waals surface area contributed by atoms with Crippen LogP contribution in [-0.2, 0) is 25.6 Å². The van der Waals surface area contributed by atoms with Gasteiger partial charge < -0.3 is 36.4 Å². The van der Waals surface area contributed by atoms with Crippen LogP contribution in [0.15, 0.2) is 23.0 Å². The monoisotopic (exact) mass is 514 g/mol. The second-order valence-electron chi connectivity index (χ2n) is 10.2. The van der Waals surface area contributed by atoms with Crippen LogP contribution in [0.5, 0.6) is 5.75 Å². The molecule has 1 aromatic rings. The van der Waals surface area contributed by atoms with Crippen molar-refractivity contribution < 1.29 is 39.6 Å². The van der Waals surface area contributed by atoms with Gasteiger partial charge in [-0.1, -0.05) is 0 Å². The zero-order valence-corrected chi connectivity index (χ0v) is 21.1. The van der Waals surface area contributed by atoms with Gasteiger partial charge in [-0.2, -0.15) is 0 Å². The molecule has 0 bridgehead atoms. The lowest BCUT2D eigenvalue weighted by Gasteiger charge is -2.50. The summed E-state index contributed by atoms with van der Waals surface area (Å²) in [7, 11) is 6.56. The number of nitrogens with two attached hydrogens (primary N) is 1. The first kappa shape index (κ1) is 26.2. The number of primary amides is 1. The first-order chi connectivity index (χ1) is 17.1. The van der Waals surface area contributed by atoms with Gasteiger partial charge in [0.2, 0.25) is 11.7 Å². The van der Waals surface area contributed by atoms with E-state index in [2.05, 4.69) is 5.32 Å². The average molecular weight is 515 g/mol. The summed E-state index contributed by atoms with van der Waals surface area (Å²) in [6, 6.07) is 0.399. The number of carbonyl (C=O) groups excluding carboxylic acids is 4. The molecule has 3 aliphatic carbocycles. The molecule has 198 valence electrons. The number of benzene rings is 1. The molecule has 0 spiro atoms. The predicted octanol–water partition coefficient (Wildman–Crippen LogP) is -0.0116. The third kappa shape index (κ3) is 3.58. The molecule has 0 heterocycles. The second-order valence-corrected chi connectivity index (χ2v) is 10.2. The van der Waals surface area contributed by atoms with Crippen LogP contribution in [0.3, 0.4) is 0 Å². The lowest BCUT2D eigenvalue weighted by atomic mass is 9.57. The number of aliphatic hydroxyl groups excluding tert-OH is 2. The van der Waals surface area contributed by atoms with E-state index in [-0.39, 0.29) is 29.7 Å². The van der Waals surface area contributed by atoms with Crippen LogP contribution in [0.2, 0.25) is 0 Å². The number of carbonyl (C=O) groups is 4. The number of likely N-dealkylation sites (N-methyl/N-ethyl adjacent to an activating group) is 1. The van der Waals surface area contributed by atoms with Crippen LogP contribution in [0.1, 0.15) is 24.5 Å². The number of phenolic OH excluding ortho intramolecular Hbond substituents is 1. The maximum atomic E-state index is 13.9. The summed E-state index contributed by atoms with van der Waals surface area (Å²) in [4.78, 5) is 54.0. The Bertz CT molecular complexity index is 1330. The van der Waals surface area contributed by atoms with Gasteiger partial charge >= 0.3 is 0 Å². The molecule has 2 amide bonds. The quantitative estimate of drug-likeness (QED) is 0.235. The molecular formula is C25H30N4O8. The van der Waals surface area contributed by atoms with Crippen LogP contribution < -0.4 is 16.0 Å². The fourth-order valence-electron chi connectivity index (χ4n) is 5.98. The highest BCUT2D eigenvalue weighted by Gasteiger charge is 2.64. The number of nitrogens with one attached hydrogen (secondary N) is 1. The van der Waals surface area contributed by atoms with Crippen LogP contribution in [0, 0.1) is 11.8 Å². The molecule has 0 aliphatic heterocycles. The third-order valence-corrected chi connectivity index (χ3v) is 7.49. The maximum Gasteiger partial charge on any atom is 0.255 e. The van der Waals surface area contributed by atoms with Crippen molar-refractivity contribution in [1.29, 1.82) is 0 Å². The van der Waals surface area contributed by atoms with Crippen molar-refractivity contribution in [2.24, 2.45) is 17.6 Å². The molecule has 12 heteroatoms. The Balaban J connectivity index is 2.01. The number of nitrogens with zero attached hydrogens (tertiary/aromatic N) is 2. The molecule has 3 unspecified atom stereocenters. The normalized spacial score (nSPS) is 27.1. The number of anilines is 2. The number of hydrogen-bond acceptors (Lipinski definition) is 10. The van der Waals surface area contributed by atoms with E-state index < -0.39 is 69.7 Å². The van der Waals surface area contributed by atoms with Gasteiger partial charge in [0, 0.05) is 38.2 Å². The molecule has 1 fully saturated rings. The minimum atomic E-state index is -2.71. The SMILES string of the molecule is CC(=O)Nc1cc(N(C)C)c2c(c1O)C(O)=C1C(=O)C3(O)C(O)=C(C(N)=O)C(=O)C(N(C)C)C3C[C@@H]1C2. The smallest absolute Gasteiger partial charge is 0.255 e. The van der Waals surface area contributed by atoms with Gasteiger partial charge in [-0.3, -0.25) is 24.1 Å². The van der Waals surface area contributed by atoms with Crippen molar-refractivity contribution >= 4 is 40.5 Å². The van der Waals surface area contributed by atoms with Gasteiger partial charge in [0.15, 0.2) is 11.4 Å². The molecule has 4 rings (SSSR count). The molecule has 1 aromatic carbocycles. The van der Waals surface area contributed by atoms with Crippen LogP contribution >= 0.6 is 0 Å². The van der Waals surface area contributed by atoms with E-state index in [4.69, 9.17) is 5.73 Å². The summed E-state index contributed by atoms with van der Waals surface area (Å²) < 4.78 is 0. The molecule has 0 radical (unpaired) electrons. The summed E-state index contributed by atoms with van der Waals surface area (Å²) >= 11 is 0. The fourth-order valence-corrected chi connectivity index (χ4v) is 5.98. The summed E-state index contributed by atoms with van der Waals surface area (Å²) in [5, 5.41) is 47.4. The predicted molar refractivity (Wildman–Crippen MR) is 133 cm³/mol. The van der Waals surface area contributed by atoms with Gasteiger partial charge in [0.25, 0.3) is 5.91 Å². The Hall–Kier alpha value is -3.90. The van der Waals surface area contributed by atoms with Gasteiger partial charge in [-0.05, 0) is 44.5 Å². The fraction of sp³-hybridized carbons (Fsp3) is 0.440. The summed E-state index contributed by atoms with van der Waals surface area (Å²) in [6.07, 6.45) is 0.142. The maximum absolute atomic E-state index is 13.9. The molecule has 0 aromatic heterocycles. The highest BCUT2D eigenvalue weighted by molar-refractivity contribution is 6.24. The van der Waals surface area contributed by atoms with E-state index in [1.807, 2.05) is 0 Å². The Morgan fingerprint density at radius 3 is 2.27 bits per heavy atom. The molecule has 7 N–H and O–H groups in total. The van der Waals surface area contributed by atoms with Gasteiger partial charge in [0.05, 0.1) is 17.3 Å². The number of ketones is 2. The van der Waals surface area contributed by atoms with Crippen LogP contribution in [-0.4, -0.2) is 88.5 Å². The van der Waals surface area contributed by atoms with Crippen molar-refractivity contribution in [2.75, 3.05) is 38.4 Å². The Morgan fingerprint density at radius 2 is 1.76 bits per heavy atom. The zero-order valence-electron chi connectivity index (χ0n) is 21.1. The van der Waals surface area contributed by atoms with Gasteiger partial charge in [0.1, 0.15) is 22.8 Å². The van der Waals surface area contributed by atoms with E-state index in [1.54, 1.807) is 39.2 Å². The zero-order chi connectivity index (χ0) is 27.7. The number of rotatable bonds is 4. The highest BCUT2D eigenvalue weighted by atomic mass is 16.3. The first-order valence-corrected chi connectivity index (χ1v) is 11.6. The summed E-state index contributed by atoms with van der Waals surface area (Å²) in [5.41, 5.74) is 2.48. The molecule has 1 saturated carbocycles. The van der Waals surface area contributed by atoms with Crippen molar-refractivity contribution in [1.82, 2.24) is 4.90 Å². The lowest BCUT2D eigenvalue weighted by Crippen LogP contribution is -2.65. The molecule has 4 atom stereocenters. The van der Waals surface area contributed by atoms with E-state index in [1.165, 1.54) is 11.8 Å². The Labute approximate surface area is 212 Å². The Kier molecular flexibility index (Phi) is 6.08. The number of aliphatic hydroxyl groups is 3. The third-order valence-electron chi connectivity index (χ3n) is 7.49. The highest BCUT2D eigenvalue weighted by Crippen LogP contribution is 2.54. The van der Waals surface area contributed by atoms with Crippen molar-refractivity contribution in [3.05, 3.63) is 34.1 Å². The summed E-state index contributed by atoms with van der Waals surface area (Å²) in [5.74, 6) is -7.74. The van der Waals surface area contributed by atoms with E-state index in [9.17, 15) is 39.6 Å². The van der Waals surface area contributed by atoms with Crippen molar-refractivity contribution in [3.63, 3.8) is 0 Å². The molecule has 12 nitrogen and oxygen atoms in total. The molecule has 37 heavy (non-hydrogen) atoms. The summed E-state index contributed by atoms with van der Waals surface area (Å²) in [6.45, 7) is 1.25. The second kappa shape index (κ2) is 8.60. The van der Waals surface area contributed by atoms with Crippen molar-refractivity contribution in [3.8, 4) is 5.75 Å². The minimum absolute atomic E-state index is 0.00710. The van der Waals surface area contributed by atoms with E-state index in [0.29, 0.717) is 11.3 Å². The number of fused-ring (bicyclic) bond motifs is 3. The average Bonchev–Trinajstić information content (AvgIpc) is 2.77. The van der Waals surface area contributed by atoms with Gasteiger partial charge in [-0.25, -0.2) is 0 Å². The molecule has 0 saturated heterocycles. The minimum Gasteiger partial charge on any atom is -0.508 e. The largest absolute Gasteiger partial charge is 0.508 e. The van der Waals surface area contributed by atoms with Crippen molar-refractivity contribution in [2.45, 2.75) is 31.4 Å². The van der Waals surface area contributed by atoms with Crippen LogP contribution in [0.25, 0.3) is 5.76 Å².